The minimum atomic E-state index is -0.363. The second kappa shape index (κ2) is 7.18. The van der Waals surface area contributed by atoms with Gasteiger partial charge in [-0.1, -0.05) is 19.9 Å². The predicted octanol–water partition coefficient (Wildman–Crippen LogP) is 2.67. The molecule has 6 heteroatoms. The Hall–Kier alpha value is -2.94. The molecule has 2 N–H and O–H groups in total. The molecule has 1 aromatic carbocycles. The van der Waals surface area contributed by atoms with Crippen molar-refractivity contribution >= 4 is 17.4 Å². The molecule has 0 saturated heterocycles. The predicted molar refractivity (Wildman–Crippen MR) is 84.5 cm³/mol. The van der Waals surface area contributed by atoms with E-state index in [1.807, 2.05) is 6.07 Å². The van der Waals surface area contributed by atoms with Gasteiger partial charge in [0, 0.05) is 12.2 Å². The first-order chi connectivity index (χ1) is 10.6. The van der Waals surface area contributed by atoms with Crippen molar-refractivity contribution in [3.63, 3.8) is 0 Å². The summed E-state index contributed by atoms with van der Waals surface area (Å²) in [6.07, 6.45) is 2.95. The molecule has 2 aromatic rings. The first-order valence-electron chi connectivity index (χ1n) is 6.96. The number of rotatable bonds is 5. The zero-order chi connectivity index (χ0) is 15.9. The van der Waals surface area contributed by atoms with Gasteiger partial charge in [-0.15, -0.1) is 0 Å². The molecule has 1 aromatic heterocycles. The first-order valence-corrected chi connectivity index (χ1v) is 6.96. The number of nitrogens with one attached hydrogen (secondary N) is 2. The number of anilines is 2. The standard InChI is InChI=1S/C16H17N5O/c1-11(2)8-19-15-10-18-14(9-20-15)16(22)21-13-5-3-4-12(6-13)7-17/h3-6,9-11H,8H2,1-2H3,(H,19,20)(H,21,22). The van der Waals surface area contributed by atoms with Crippen molar-refractivity contribution in [2.45, 2.75) is 13.8 Å². The van der Waals surface area contributed by atoms with E-state index in [0.29, 0.717) is 23.0 Å². The monoisotopic (exact) mass is 295 g/mol. The van der Waals surface area contributed by atoms with Crippen LogP contribution in [0.4, 0.5) is 11.5 Å². The van der Waals surface area contributed by atoms with Crippen LogP contribution in [0.25, 0.3) is 0 Å². The van der Waals surface area contributed by atoms with Crippen molar-refractivity contribution in [3.8, 4) is 6.07 Å². The van der Waals surface area contributed by atoms with Gasteiger partial charge in [-0.3, -0.25) is 4.79 Å². The smallest absolute Gasteiger partial charge is 0.275 e. The van der Waals surface area contributed by atoms with Crippen molar-refractivity contribution in [1.82, 2.24) is 9.97 Å². The molecule has 0 spiro atoms. The highest BCUT2D eigenvalue weighted by Crippen LogP contribution is 2.11. The van der Waals surface area contributed by atoms with Crippen LogP contribution >= 0.6 is 0 Å². The summed E-state index contributed by atoms with van der Waals surface area (Å²) in [5, 5.41) is 14.7. The van der Waals surface area contributed by atoms with E-state index in [-0.39, 0.29) is 11.6 Å². The minimum Gasteiger partial charge on any atom is -0.369 e. The molecule has 0 saturated carbocycles. The maximum Gasteiger partial charge on any atom is 0.275 e. The summed E-state index contributed by atoms with van der Waals surface area (Å²) in [6.45, 7) is 4.98. The number of hydrogen-bond acceptors (Lipinski definition) is 5. The number of nitrogens with zero attached hydrogens (tertiary/aromatic N) is 3. The molecule has 0 aliphatic rings. The van der Waals surface area contributed by atoms with Crippen LogP contribution in [0.5, 0.6) is 0 Å². The molecule has 2 rings (SSSR count). The third-order valence-electron chi connectivity index (χ3n) is 2.83. The van der Waals surface area contributed by atoms with Gasteiger partial charge in [0.25, 0.3) is 5.91 Å². The summed E-state index contributed by atoms with van der Waals surface area (Å²) in [4.78, 5) is 20.3. The lowest BCUT2D eigenvalue weighted by Crippen LogP contribution is -2.15. The van der Waals surface area contributed by atoms with E-state index < -0.39 is 0 Å². The lowest BCUT2D eigenvalue weighted by atomic mass is 10.2. The second-order valence-electron chi connectivity index (χ2n) is 5.21. The third kappa shape index (κ3) is 4.28. The molecular weight excluding hydrogens is 278 g/mol. The Kier molecular flexibility index (Phi) is 5.04. The van der Waals surface area contributed by atoms with Crippen LogP contribution in [-0.2, 0) is 0 Å². The van der Waals surface area contributed by atoms with E-state index in [1.54, 1.807) is 24.3 Å². The SMILES string of the molecule is CC(C)CNc1cnc(C(=O)Nc2cccc(C#N)c2)cn1. The van der Waals surface area contributed by atoms with Crippen molar-refractivity contribution in [3.05, 3.63) is 47.9 Å². The topological polar surface area (TPSA) is 90.7 Å². The highest BCUT2D eigenvalue weighted by atomic mass is 16.1. The van der Waals surface area contributed by atoms with E-state index >= 15 is 0 Å². The molecule has 0 aliphatic carbocycles. The molecule has 0 aliphatic heterocycles. The zero-order valence-electron chi connectivity index (χ0n) is 12.5. The zero-order valence-corrected chi connectivity index (χ0v) is 12.5. The Labute approximate surface area is 129 Å². The van der Waals surface area contributed by atoms with Crippen LogP contribution < -0.4 is 10.6 Å². The van der Waals surface area contributed by atoms with E-state index in [4.69, 9.17) is 5.26 Å². The molecule has 1 heterocycles. The van der Waals surface area contributed by atoms with Crippen LogP contribution in [-0.4, -0.2) is 22.4 Å². The fourth-order valence-electron chi connectivity index (χ4n) is 1.71. The van der Waals surface area contributed by atoms with Crippen LogP contribution in [0.2, 0.25) is 0 Å². The highest BCUT2D eigenvalue weighted by Gasteiger charge is 2.09. The quantitative estimate of drug-likeness (QED) is 0.885. The molecule has 1 amide bonds. The number of amides is 1. The van der Waals surface area contributed by atoms with E-state index in [2.05, 4.69) is 34.4 Å². The number of hydrogen-bond donors (Lipinski definition) is 2. The van der Waals surface area contributed by atoms with Gasteiger partial charge in [-0.2, -0.15) is 5.26 Å². The molecule has 0 unspecified atom stereocenters. The Bertz CT molecular complexity index is 688. The maximum atomic E-state index is 12.1. The Morgan fingerprint density at radius 1 is 1.32 bits per heavy atom. The lowest BCUT2D eigenvalue weighted by Gasteiger charge is -2.08. The lowest BCUT2D eigenvalue weighted by molar-refractivity contribution is 0.102. The normalized spacial score (nSPS) is 10.1. The molecule has 22 heavy (non-hydrogen) atoms. The molecular formula is C16H17N5O. The van der Waals surface area contributed by atoms with E-state index in [9.17, 15) is 4.79 Å². The number of carbonyl (C=O) groups excluding carboxylic acids is 1. The summed E-state index contributed by atoms with van der Waals surface area (Å²) in [7, 11) is 0. The summed E-state index contributed by atoms with van der Waals surface area (Å²) in [5.74, 6) is 0.770. The summed E-state index contributed by atoms with van der Waals surface area (Å²) in [6, 6.07) is 8.72. The molecule has 6 nitrogen and oxygen atoms in total. The van der Waals surface area contributed by atoms with Crippen molar-refractivity contribution < 1.29 is 4.79 Å². The Morgan fingerprint density at radius 2 is 2.14 bits per heavy atom. The Balaban J connectivity index is 2.02. The summed E-state index contributed by atoms with van der Waals surface area (Å²) >= 11 is 0. The number of carbonyl (C=O) groups is 1. The number of nitriles is 1. The highest BCUT2D eigenvalue weighted by molar-refractivity contribution is 6.02. The average Bonchev–Trinajstić information content (AvgIpc) is 2.53. The van der Waals surface area contributed by atoms with Crippen LogP contribution in [0, 0.1) is 17.2 Å². The van der Waals surface area contributed by atoms with Crippen LogP contribution in [0.15, 0.2) is 36.7 Å². The van der Waals surface area contributed by atoms with Crippen LogP contribution in [0.1, 0.15) is 29.9 Å². The van der Waals surface area contributed by atoms with Gasteiger partial charge in [-0.05, 0) is 24.1 Å². The fourth-order valence-corrected chi connectivity index (χ4v) is 1.71. The molecule has 0 radical (unpaired) electrons. The van der Waals surface area contributed by atoms with Gasteiger partial charge in [0.05, 0.1) is 24.0 Å². The maximum absolute atomic E-state index is 12.1. The fraction of sp³-hybridized carbons (Fsp3) is 0.250. The van der Waals surface area contributed by atoms with Crippen molar-refractivity contribution in [1.29, 1.82) is 5.26 Å². The Morgan fingerprint density at radius 3 is 2.77 bits per heavy atom. The van der Waals surface area contributed by atoms with Crippen molar-refractivity contribution in [2.24, 2.45) is 5.92 Å². The van der Waals surface area contributed by atoms with Gasteiger partial charge in [0.1, 0.15) is 11.5 Å². The van der Waals surface area contributed by atoms with Crippen LogP contribution in [0.3, 0.4) is 0 Å². The third-order valence-corrected chi connectivity index (χ3v) is 2.83. The van der Waals surface area contributed by atoms with E-state index in [0.717, 1.165) is 6.54 Å². The summed E-state index contributed by atoms with van der Waals surface area (Å²) < 4.78 is 0. The number of aromatic nitrogens is 2. The van der Waals surface area contributed by atoms with Gasteiger partial charge >= 0.3 is 0 Å². The van der Waals surface area contributed by atoms with Gasteiger partial charge in [0.2, 0.25) is 0 Å². The van der Waals surface area contributed by atoms with Gasteiger partial charge in [-0.25, -0.2) is 9.97 Å². The van der Waals surface area contributed by atoms with Gasteiger partial charge in [0.15, 0.2) is 0 Å². The molecule has 112 valence electrons. The number of benzene rings is 1. The first kappa shape index (κ1) is 15.4. The molecule has 0 bridgehead atoms. The van der Waals surface area contributed by atoms with E-state index in [1.165, 1.54) is 12.4 Å². The van der Waals surface area contributed by atoms with Crippen molar-refractivity contribution in [2.75, 3.05) is 17.2 Å². The second-order valence-corrected chi connectivity index (χ2v) is 5.21. The summed E-state index contributed by atoms with van der Waals surface area (Å²) in [5.41, 5.74) is 1.25. The molecule has 0 atom stereocenters. The van der Waals surface area contributed by atoms with Gasteiger partial charge < -0.3 is 10.6 Å². The minimum absolute atomic E-state index is 0.220. The molecule has 0 fully saturated rings. The average molecular weight is 295 g/mol. The largest absolute Gasteiger partial charge is 0.369 e.